The number of hydrogen-bond donors (Lipinski definition) is 2. The van der Waals surface area contributed by atoms with Crippen molar-refractivity contribution in [2.45, 2.75) is 6.42 Å². The van der Waals surface area contributed by atoms with Crippen molar-refractivity contribution in [3.05, 3.63) is 52.4 Å². The minimum Gasteiger partial charge on any atom is -0.492 e. The average Bonchev–Trinajstić information content (AvgIpc) is 2.85. The first-order valence-corrected chi connectivity index (χ1v) is 11.1. The Hall–Kier alpha value is -3.63. The van der Waals surface area contributed by atoms with Gasteiger partial charge in [-0.3, -0.25) is 19.1 Å². The second kappa shape index (κ2) is 10.5. The molecule has 0 saturated carbocycles. The number of rotatable bonds is 8. The van der Waals surface area contributed by atoms with E-state index in [0.29, 0.717) is 46.1 Å². The highest BCUT2D eigenvalue weighted by molar-refractivity contribution is 6.05. The SMILES string of the molecule is COc1c(OCCCN2CCOCC2)ccc2c(=O)n(C)c(NC(=O)c3ccc(N)nc3)cc12. The fraction of sp³-hybridized carbons (Fsp3) is 0.375. The van der Waals surface area contributed by atoms with Crippen LogP contribution in [0.15, 0.2) is 41.3 Å². The van der Waals surface area contributed by atoms with Crippen LogP contribution in [-0.2, 0) is 11.8 Å². The lowest BCUT2D eigenvalue weighted by atomic mass is 10.1. The van der Waals surface area contributed by atoms with Crippen LogP contribution in [0, 0.1) is 0 Å². The summed E-state index contributed by atoms with van der Waals surface area (Å²) in [4.78, 5) is 32.0. The Morgan fingerprint density at radius 2 is 2.00 bits per heavy atom. The molecule has 0 unspecified atom stereocenters. The van der Waals surface area contributed by atoms with Gasteiger partial charge in [0.25, 0.3) is 11.5 Å². The number of morpholine rings is 1. The summed E-state index contributed by atoms with van der Waals surface area (Å²) in [6, 6.07) is 8.28. The standard InChI is InChI=1S/C24H29N5O5/c1-28-21(27-23(30)16-4-7-20(25)26-15-16)14-18-17(24(28)31)5-6-19(22(18)32-2)34-11-3-8-29-9-12-33-13-10-29/h4-7,14-15H,3,8-13H2,1-2H3,(H2,25,26)(H,27,30). The second-order valence-electron chi connectivity index (χ2n) is 8.03. The first-order chi connectivity index (χ1) is 16.5. The number of carbonyl (C=O) groups excluding carboxylic acids is 1. The lowest BCUT2D eigenvalue weighted by Crippen LogP contribution is -2.37. The molecule has 3 heterocycles. The van der Waals surface area contributed by atoms with E-state index in [1.54, 1.807) is 37.4 Å². The Morgan fingerprint density at radius 1 is 1.21 bits per heavy atom. The van der Waals surface area contributed by atoms with Crippen LogP contribution >= 0.6 is 0 Å². The maximum Gasteiger partial charge on any atom is 0.259 e. The van der Waals surface area contributed by atoms with Gasteiger partial charge < -0.3 is 25.3 Å². The van der Waals surface area contributed by atoms with E-state index in [0.717, 1.165) is 39.3 Å². The van der Waals surface area contributed by atoms with Crippen LogP contribution in [0.4, 0.5) is 11.6 Å². The van der Waals surface area contributed by atoms with Crippen molar-refractivity contribution in [3.8, 4) is 11.5 Å². The number of nitrogens with two attached hydrogens (primary N) is 1. The van der Waals surface area contributed by atoms with E-state index in [1.807, 2.05) is 0 Å². The van der Waals surface area contributed by atoms with E-state index in [2.05, 4.69) is 15.2 Å². The summed E-state index contributed by atoms with van der Waals surface area (Å²) in [5.41, 5.74) is 5.65. The van der Waals surface area contributed by atoms with Crippen LogP contribution in [0.2, 0.25) is 0 Å². The molecule has 1 amide bonds. The average molecular weight is 468 g/mol. The fourth-order valence-corrected chi connectivity index (χ4v) is 3.90. The van der Waals surface area contributed by atoms with E-state index < -0.39 is 5.91 Å². The third kappa shape index (κ3) is 5.13. The molecule has 1 aliphatic rings. The molecule has 0 bridgehead atoms. The van der Waals surface area contributed by atoms with Gasteiger partial charge in [-0.1, -0.05) is 0 Å². The third-order valence-electron chi connectivity index (χ3n) is 5.81. The molecule has 10 nitrogen and oxygen atoms in total. The summed E-state index contributed by atoms with van der Waals surface area (Å²) in [6.07, 6.45) is 2.24. The first-order valence-electron chi connectivity index (χ1n) is 11.1. The third-order valence-corrected chi connectivity index (χ3v) is 5.81. The fourth-order valence-electron chi connectivity index (χ4n) is 3.90. The van der Waals surface area contributed by atoms with Gasteiger partial charge >= 0.3 is 0 Å². The van der Waals surface area contributed by atoms with Crippen LogP contribution in [-0.4, -0.2) is 66.9 Å². The van der Waals surface area contributed by atoms with Gasteiger partial charge in [-0.05, 0) is 36.8 Å². The van der Waals surface area contributed by atoms with Crippen molar-refractivity contribution < 1.29 is 19.0 Å². The Bertz CT molecular complexity index is 1220. The van der Waals surface area contributed by atoms with Crippen molar-refractivity contribution in [2.75, 3.05) is 57.6 Å². The minimum absolute atomic E-state index is 0.264. The number of methoxy groups -OCH3 is 1. The van der Waals surface area contributed by atoms with E-state index in [1.165, 1.54) is 17.9 Å². The summed E-state index contributed by atoms with van der Waals surface area (Å²) in [6.45, 7) is 4.84. The predicted octanol–water partition coefficient (Wildman–Crippen LogP) is 1.88. The molecule has 10 heteroatoms. The number of aromatic nitrogens is 2. The molecule has 3 N–H and O–H groups in total. The minimum atomic E-state index is -0.406. The van der Waals surface area contributed by atoms with Crippen molar-refractivity contribution >= 4 is 28.3 Å². The molecule has 1 fully saturated rings. The molecule has 0 radical (unpaired) electrons. The summed E-state index contributed by atoms with van der Waals surface area (Å²) in [7, 11) is 3.13. The molecule has 3 aromatic rings. The molecule has 1 saturated heterocycles. The number of nitrogen functional groups attached to an aromatic ring is 1. The van der Waals surface area contributed by atoms with Crippen LogP contribution in [0.3, 0.4) is 0 Å². The number of hydrogen-bond acceptors (Lipinski definition) is 8. The number of carbonyl (C=O) groups is 1. The highest BCUT2D eigenvalue weighted by Gasteiger charge is 2.17. The van der Waals surface area contributed by atoms with Gasteiger partial charge in [0.05, 0.1) is 37.9 Å². The maximum atomic E-state index is 13.0. The topological polar surface area (TPSA) is 121 Å². The van der Waals surface area contributed by atoms with Gasteiger partial charge in [0, 0.05) is 38.3 Å². The smallest absolute Gasteiger partial charge is 0.259 e. The highest BCUT2D eigenvalue weighted by atomic mass is 16.5. The predicted molar refractivity (Wildman–Crippen MR) is 130 cm³/mol. The highest BCUT2D eigenvalue weighted by Crippen LogP contribution is 2.35. The Labute approximate surface area is 197 Å². The molecule has 0 atom stereocenters. The van der Waals surface area contributed by atoms with E-state index in [-0.39, 0.29) is 5.56 Å². The second-order valence-corrected chi connectivity index (χ2v) is 8.03. The first kappa shape index (κ1) is 23.5. The zero-order valence-corrected chi connectivity index (χ0v) is 19.4. The van der Waals surface area contributed by atoms with Gasteiger partial charge in [-0.15, -0.1) is 0 Å². The maximum absolute atomic E-state index is 13.0. The van der Waals surface area contributed by atoms with Gasteiger partial charge in [-0.25, -0.2) is 4.98 Å². The van der Waals surface area contributed by atoms with Crippen molar-refractivity contribution in [3.63, 3.8) is 0 Å². The van der Waals surface area contributed by atoms with Gasteiger partial charge in [0.15, 0.2) is 11.5 Å². The van der Waals surface area contributed by atoms with Crippen LogP contribution in [0.1, 0.15) is 16.8 Å². The molecule has 4 rings (SSSR count). The molecule has 0 aliphatic carbocycles. The number of nitrogens with zero attached hydrogens (tertiary/aromatic N) is 3. The lowest BCUT2D eigenvalue weighted by molar-refractivity contribution is 0.0357. The van der Waals surface area contributed by atoms with Crippen molar-refractivity contribution in [1.29, 1.82) is 0 Å². The molecule has 1 aliphatic heterocycles. The number of anilines is 2. The summed E-state index contributed by atoms with van der Waals surface area (Å²) in [5, 5.41) is 3.79. The zero-order valence-electron chi connectivity index (χ0n) is 19.4. The summed E-state index contributed by atoms with van der Waals surface area (Å²) in [5.74, 6) is 1.23. The molecule has 0 spiro atoms. The Balaban J connectivity index is 1.55. The van der Waals surface area contributed by atoms with E-state index >= 15 is 0 Å². The molecular weight excluding hydrogens is 438 g/mol. The number of benzene rings is 1. The van der Waals surface area contributed by atoms with Gasteiger partial charge in [0.1, 0.15) is 11.6 Å². The Morgan fingerprint density at radius 3 is 2.71 bits per heavy atom. The molecule has 1 aromatic carbocycles. The monoisotopic (exact) mass is 467 g/mol. The quantitative estimate of drug-likeness (QED) is 0.482. The van der Waals surface area contributed by atoms with E-state index in [9.17, 15) is 9.59 Å². The normalized spacial score (nSPS) is 14.2. The van der Waals surface area contributed by atoms with Crippen LogP contribution < -0.4 is 26.1 Å². The molecule has 34 heavy (non-hydrogen) atoms. The molecule has 180 valence electrons. The lowest BCUT2D eigenvalue weighted by Gasteiger charge is -2.26. The van der Waals surface area contributed by atoms with Gasteiger partial charge in [0.2, 0.25) is 0 Å². The number of pyridine rings is 2. The van der Waals surface area contributed by atoms with Crippen LogP contribution in [0.5, 0.6) is 11.5 Å². The van der Waals surface area contributed by atoms with E-state index in [4.69, 9.17) is 19.9 Å². The molecule has 2 aromatic heterocycles. The van der Waals surface area contributed by atoms with Crippen molar-refractivity contribution in [1.82, 2.24) is 14.5 Å². The van der Waals surface area contributed by atoms with Gasteiger partial charge in [-0.2, -0.15) is 0 Å². The number of fused-ring (bicyclic) bond motifs is 1. The van der Waals surface area contributed by atoms with Crippen LogP contribution in [0.25, 0.3) is 10.8 Å². The zero-order chi connectivity index (χ0) is 24.1. The number of amides is 1. The largest absolute Gasteiger partial charge is 0.492 e. The summed E-state index contributed by atoms with van der Waals surface area (Å²) >= 11 is 0. The Kier molecular flexibility index (Phi) is 7.29. The number of nitrogens with one attached hydrogen (secondary N) is 1. The number of ether oxygens (including phenoxy) is 3. The van der Waals surface area contributed by atoms with Crippen molar-refractivity contribution in [2.24, 2.45) is 7.05 Å². The summed E-state index contributed by atoms with van der Waals surface area (Å²) < 4.78 is 18.4. The molecular formula is C24H29N5O5.